The summed E-state index contributed by atoms with van der Waals surface area (Å²) < 4.78 is 0. The summed E-state index contributed by atoms with van der Waals surface area (Å²) in [6.45, 7) is 6.84. The Kier molecular flexibility index (Phi) is 5.27. The van der Waals surface area contributed by atoms with Gasteiger partial charge < -0.3 is 10.6 Å². The van der Waals surface area contributed by atoms with Gasteiger partial charge in [-0.1, -0.05) is 6.92 Å². The molecule has 0 bridgehead atoms. The van der Waals surface area contributed by atoms with Crippen molar-refractivity contribution in [2.75, 3.05) is 11.9 Å². The van der Waals surface area contributed by atoms with Crippen molar-refractivity contribution in [2.24, 2.45) is 0 Å². The van der Waals surface area contributed by atoms with Crippen molar-refractivity contribution in [2.45, 2.75) is 33.2 Å². The van der Waals surface area contributed by atoms with Crippen LogP contribution in [-0.2, 0) is 0 Å². The van der Waals surface area contributed by atoms with Crippen LogP contribution in [0.2, 0.25) is 0 Å². The Labute approximate surface area is 128 Å². The summed E-state index contributed by atoms with van der Waals surface area (Å²) in [5.41, 5.74) is 1.53. The Morgan fingerprint density at radius 3 is 2.81 bits per heavy atom. The Bertz CT molecular complexity index is 594. The molecule has 0 aliphatic carbocycles. The van der Waals surface area contributed by atoms with Crippen LogP contribution in [0.25, 0.3) is 0 Å². The first-order chi connectivity index (χ1) is 10.1. The van der Waals surface area contributed by atoms with Gasteiger partial charge >= 0.3 is 0 Å². The fourth-order valence-electron chi connectivity index (χ4n) is 1.80. The van der Waals surface area contributed by atoms with Gasteiger partial charge in [0.15, 0.2) is 0 Å². The van der Waals surface area contributed by atoms with E-state index in [0.29, 0.717) is 5.56 Å². The number of rotatable bonds is 6. The number of amides is 1. The molecule has 0 saturated heterocycles. The molecular weight excluding hydrogens is 284 g/mol. The number of thiazole rings is 1. The number of hydrogen-bond acceptors (Lipinski definition) is 5. The molecule has 2 rings (SSSR count). The third-order valence-corrected chi connectivity index (χ3v) is 4.08. The molecule has 0 fully saturated rings. The molecule has 112 valence electrons. The smallest absolute Gasteiger partial charge is 0.253 e. The minimum absolute atomic E-state index is 0.103. The zero-order valence-electron chi connectivity index (χ0n) is 12.5. The zero-order chi connectivity index (χ0) is 15.2. The molecule has 2 aromatic heterocycles. The Hall–Kier alpha value is -1.95. The van der Waals surface area contributed by atoms with Crippen molar-refractivity contribution in [3.63, 3.8) is 0 Å². The highest BCUT2D eigenvalue weighted by molar-refractivity contribution is 7.09. The summed E-state index contributed by atoms with van der Waals surface area (Å²) in [5.74, 6) is 0.655. The summed E-state index contributed by atoms with van der Waals surface area (Å²) in [6, 6.07) is 3.50. The van der Waals surface area contributed by atoms with Crippen LogP contribution in [-0.4, -0.2) is 22.4 Å². The van der Waals surface area contributed by atoms with E-state index in [1.807, 2.05) is 25.3 Å². The van der Waals surface area contributed by atoms with Crippen LogP contribution in [0, 0.1) is 6.92 Å². The van der Waals surface area contributed by atoms with Gasteiger partial charge in [-0.05, 0) is 32.4 Å². The number of aryl methyl sites for hydroxylation is 1. The third-order valence-electron chi connectivity index (χ3n) is 2.94. The predicted molar refractivity (Wildman–Crippen MR) is 85.7 cm³/mol. The number of anilines is 1. The highest BCUT2D eigenvalue weighted by atomic mass is 32.1. The lowest BCUT2D eigenvalue weighted by molar-refractivity contribution is 0.0939. The maximum absolute atomic E-state index is 12.2. The summed E-state index contributed by atoms with van der Waals surface area (Å²) in [6.07, 6.45) is 2.63. The highest BCUT2D eigenvalue weighted by Crippen LogP contribution is 2.18. The lowest BCUT2D eigenvalue weighted by atomic mass is 10.2. The second kappa shape index (κ2) is 7.17. The molecule has 0 radical (unpaired) electrons. The molecule has 6 heteroatoms. The molecule has 1 amide bonds. The molecule has 0 aliphatic heterocycles. The van der Waals surface area contributed by atoms with Crippen LogP contribution in [0.3, 0.4) is 0 Å². The number of nitrogens with zero attached hydrogens (tertiary/aromatic N) is 2. The molecule has 0 spiro atoms. The van der Waals surface area contributed by atoms with E-state index in [2.05, 4.69) is 27.5 Å². The van der Waals surface area contributed by atoms with E-state index < -0.39 is 0 Å². The normalized spacial score (nSPS) is 12.0. The van der Waals surface area contributed by atoms with Crippen molar-refractivity contribution < 1.29 is 4.79 Å². The fraction of sp³-hybridized carbons (Fsp3) is 0.400. The van der Waals surface area contributed by atoms with E-state index in [4.69, 9.17) is 0 Å². The van der Waals surface area contributed by atoms with Crippen LogP contribution >= 0.6 is 11.3 Å². The van der Waals surface area contributed by atoms with Crippen LogP contribution in [0.5, 0.6) is 0 Å². The van der Waals surface area contributed by atoms with Gasteiger partial charge in [0.25, 0.3) is 5.91 Å². The lowest BCUT2D eigenvalue weighted by Crippen LogP contribution is -2.26. The van der Waals surface area contributed by atoms with E-state index in [9.17, 15) is 4.79 Å². The van der Waals surface area contributed by atoms with Crippen LogP contribution in [0.15, 0.2) is 23.7 Å². The van der Waals surface area contributed by atoms with E-state index in [1.165, 1.54) is 0 Å². The van der Waals surface area contributed by atoms with Crippen LogP contribution in [0.1, 0.15) is 47.4 Å². The molecule has 2 N–H and O–H groups in total. The van der Waals surface area contributed by atoms with Crippen molar-refractivity contribution in [1.29, 1.82) is 0 Å². The minimum atomic E-state index is -0.134. The number of hydrogen-bond donors (Lipinski definition) is 2. The molecule has 0 aliphatic rings. The SMILES string of the molecule is CCCNc1ccc(C(=O)NC(C)c2nc(C)cs2)cn1. The van der Waals surface area contributed by atoms with Gasteiger partial charge in [-0.15, -0.1) is 11.3 Å². The standard InChI is InChI=1S/C15H20N4OS/c1-4-7-16-13-6-5-12(8-17-13)14(20)19-11(3)15-18-10(2)9-21-15/h5-6,8-9,11H,4,7H2,1-3H3,(H,16,17)(H,19,20). The van der Waals surface area contributed by atoms with E-state index in [1.54, 1.807) is 23.6 Å². The first-order valence-electron chi connectivity index (χ1n) is 7.03. The number of aromatic nitrogens is 2. The number of carbonyl (C=O) groups excluding carboxylic acids is 1. The highest BCUT2D eigenvalue weighted by Gasteiger charge is 2.14. The minimum Gasteiger partial charge on any atom is -0.370 e. The van der Waals surface area contributed by atoms with Gasteiger partial charge in [-0.3, -0.25) is 4.79 Å². The Morgan fingerprint density at radius 2 is 2.24 bits per heavy atom. The van der Waals surface area contributed by atoms with Gasteiger partial charge in [-0.2, -0.15) is 0 Å². The lowest BCUT2D eigenvalue weighted by Gasteiger charge is -2.11. The molecule has 1 atom stereocenters. The number of pyridine rings is 1. The second-order valence-corrected chi connectivity index (χ2v) is 5.77. The first kappa shape index (κ1) is 15.4. The molecule has 0 aromatic carbocycles. The van der Waals surface area contributed by atoms with Crippen molar-refractivity contribution >= 4 is 23.1 Å². The van der Waals surface area contributed by atoms with Gasteiger partial charge in [0, 0.05) is 23.8 Å². The average Bonchev–Trinajstić information content (AvgIpc) is 2.92. The van der Waals surface area contributed by atoms with E-state index >= 15 is 0 Å². The molecule has 21 heavy (non-hydrogen) atoms. The topological polar surface area (TPSA) is 66.9 Å². The predicted octanol–water partition coefficient (Wildman–Crippen LogP) is 3.16. The van der Waals surface area contributed by atoms with Crippen molar-refractivity contribution in [1.82, 2.24) is 15.3 Å². The average molecular weight is 304 g/mol. The second-order valence-electron chi connectivity index (χ2n) is 4.88. The largest absolute Gasteiger partial charge is 0.370 e. The summed E-state index contributed by atoms with van der Waals surface area (Å²) in [7, 11) is 0. The molecule has 0 saturated carbocycles. The maximum atomic E-state index is 12.2. The van der Waals surface area contributed by atoms with Gasteiger partial charge in [0.1, 0.15) is 10.8 Å². The van der Waals surface area contributed by atoms with E-state index in [-0.39, 0.29) is 11.9 Å². The maximum Gasteiger partial charge on any atom is 0.253 e. The molecule has 2 aromatic rings. The number of nitrogens with one attached hydrogen (secondary N) is 2. The molecular formula is C15H20N4OS. The van der Waals surface area contributed by atoms with Crippen molar-refractivity contribution in [3.05, 3.63) is 40.0 Å². The summed E-state index contributed by atoms with van der Waals surface area (Å²) in [5, 5.41) is 9.01. The van der Waals surface area contributed by atoms with Gasteiger partial charge in [0.2, 0.25) is 0 Å². The first-order valence-corrected chi connectivity index (χ1v) is 7.91. The quantitative estimate of drug-likeness (QED) is 0.860. The third kappa shape index (κ3) is 4.26. The monoisotopic (exact) mass is 304 g/mol. The molecule has 1 unspecified atom stereocenters. The van der Waals surface area contributed by atoms with Gasteiger partial charge in [-0.25, -0.2) is 9.97 Å². The van der Waals surface area contributed by atoms with Gasteiger partial charge in [0.05, 0.1) is 11.6 Å². The molecule has 5 nitrogen and oxygen atoms in total. The Morgan fingerprint density at radius 1 is 1.43 bits per heavy atom. The van der Waals surface area contributed by atoms with Crippen LogP contribution in [0.4, 0.5) is 5.82 Å². The zero-order valence-corrected chi connectivity index (χ0v) is 13.3. The summed E-state index contributed by atoms with van der Waals surface area (Å²) >= 11 is 1.55. The summed E-state index contributed by atoms with van der Waals surface area (Å²) in [4.78, 5) is 20.8. The van der Waals surface area contributed by atoms with E-state index in [0.717, 1.165) is 29.5 Å². The van der Waals surface area contributed by atoms with Crippen molar-refractivity contribution in [3.8, 4) is 0 Å². The molecule has 2 heterocycles. The fourth-order valence-corrected chi connectivity index (χ4v) is 2.60. The number of carbonyl (C=O) groups is 1. The Balaban J connectivity index is 1.96. The van der Waals surface area contributed by atoms with Crippen LogP contribution < -0.4 is 10.6 Å².